The van der Waals surface area contributed by atoms with Crippen molar-refractivity contribution in [3.05, 3.63) is 126 Å². The van der Waals surface area contributed by atoms with Crippen LogP contribution in [0.15, 0.2) is 114 Å². The molecule has 4 aromatic rings. The van der Waals surface area contributed by atoms with E-state index in [0.29, 0.717) is 21.7 Å². The second kappa shape index (κ2) is 13.4. The Bertz CT molecular complexity index is 1550. The predicted molar refractivity (Wildman–Crippen MR) is 152 cm³/mol. The molecular weight excluding hydrogens is 553 g/mol. The Hall–Kier alpha value is -4.90. The van der Waals surface area contributed by atoms with E-state index < -0.39 is 29.5 Å². The van der Waals surface area contributed by atoms with Crippen molar-refractivity contribution in [2.45, 2.75) is 11.1 Å². The lowest BCUT2D eigenvalue weighted by Gasteiger charge is -2.12. The van der Waals surface area contributed by atoms with Crippen LogP contribution >= 0.6 is 11.8 Å². The van der Waals surface area contributed by atoms with Gasteiger partial charge in [0.1, 0.15) is 5.70 Å². The Morgan fingerprint density at radius 2 is 1.59 bits per heavy atom. The van der Waals surface area contributed by atoms with Crippen LogP contribution in [0.2, 0.25) is 0 Å². The number of hydrogen-bond acceptors (Lipinski definition) is 5. The van der Waals surface area contributed by atoms with Gasteiger partial charge in [-0.1, -0.05) is 30.3 Å². The van der Waals surface area contributed by atoms with Crippen molar-refractivity contribution in [2.24, 2.45) is 0 Å². The number of aromatic nitrogens is 1. The lowest BCUT2D eigenvalue weighted by Crippen LogP contribution is -2.30. The van der Waals surface area contributed by atoms with Gasteiger partial charge in [0.25, 0.3) is 11.8 Å². The fraction of sp³-hybridized carbons (Fsp3) is 0.0667. The number of thioether (sulfide) groups is 1. The first-order valence-electron chi connectivity index (χ1n) is 12.2. The summed E-state index contributed by atoms with van der Waals surface area (Å²) in [6, 6.07) is 23.0. The molecule has 0 unspecified atom stereocenters. The number of alkyl halides is 3. The first kappa shape index (κ1) is 29.1. The number of carbonyl (C=O) groups excluding carboxylic acids is 3. The van der Waals surface area contributed by atoms with Gasteiger partial charge < -0.3 is 16.0 Å². The third-order valence-corrected chi connectivity index (χ3v) is 6.49. The van der Waals surface area contributed by atoms with E-state index in [4.69, 9.17) is 0 Å². The zero-order chi connectivity index (χ0) is 29.2. The number of nitrogens with zero attached hydrogens (tertiary/aromatic N) is 1. The van der Waals surface area contributed by atoms with E-state index in [1.54, 1.807) is 79.1 Å². The Balaban J connectivity index is 1.37. The molecule has 7 nitrogen and oxygen atoms in total. The van der Waals surface area contributed by atoms with Crippen LogP contribution in [0.3, 0.4) is 0 Å². The largest absolute Gasteiger partial charge is 0.416 e. The molecule has 0 spiro atoms. The first-order chi connectivity index (χ1) is 19.7. The highest BCUT2D eigenvalue weighted by Crippen LogP contribution is 2.30. The molecule has 0 aliphatic rings. The summed E-state index contributed by atoms with van der Waals surface area (Å²) in [4.78, 5) is 42.8. The van der Waals surface area contributed by atoms with Gasteiger partial charge in [0.05, 0.1) is 11.3 Å². The van der Waals surface area contributed by atoms with E-state index in [-0.39, 0.29) is 17.1 Å². The van der Waals surface area contributed by atoms with E-state index in [1.165, 1.54) is 30.0 Å². The topological polar surface area (TPSA) is 100 Å². The summed E-state index contributed by atoms with van der Waals surface area (Å²) in [6.45, 7) is 0. The number of benzene rings is 3. The van der Waals surface area contributed by atoms with Crippen LogP contribution in [0.4, 0.5) is 24.5 Å². The number of nitrogens with one attached hydrogen (secondary N) is 3. The summed E-state index contributed by atoms with van der Waals surface area (Å²) in [5, 5.41) is 7.85. The molecule has 1 heterocycles. The molecule has 0 atom stereocenters. The normalized spacial score (nSPS) is 11.4. The number of pyridine rings is 1. The predicted octanol–water partition coefficient (Wildman–Crippen LogP) is 6.24. The highest BCUT2D eigenvalue weighted by atomic mass is 32.2. The number of carbonyl (C=O) groups is 3. The summed E-state index contributed by atoms with van der Waals surface area (Å²) in [5.41, 5.74) is 0.657. The van der Waals surface area contributed by atoms with Crippen molar-refractivity contribution in [3.8, 4) is 0 Å². The number of amides is 3. The summed E-state index contributed by atoms with van der Waals surface area (Å²) < 4.78 is 38.7. The van der Waals surface area contributed by atoms with Gasteiger partial charge >= 0.3 is 6.18 Å². The minimum Gasteiger partial charge on any atom is -0.325 e. The highest BCUT2D eigenvalue weighted by molar-refractivity contribution is 8.00. The van der Waals surface area contributed by atoms with Crippen LogP contribution in [-0.4, -0.2) is 28.5 Å². The number of rotatable bonds is 9. The third kappa shape index (κ3) is 8.80. The SMILES string of the molecule is O=C(CSc1ccc(NC(=O)/C(=C/c2cccnc2)NC(=O)c2ccccc2)cc1)Nc1cccc(C(F)(F)F)c1. The molecule has 3 amide bonds. The number of anilines is 2. The third-order valence-electron chi connectivity index (χ3n) is 5.48. The van der Waals surface area contributed by atoms with E-state index in [9.17, 15) is 27.6 Å². The molecule has 4 rings (SSSR count). The molecular formula is C30H23F3N4O3S. The minimum absolute atomic E-state index is 0.0107. The standard InChI is InChI=1S/C30H23F3N4O3S/c31-30(32,33)22-9-4-10-24(17-22)35-27(38)19-41-25-13-11-23(12-14-25)36-29(40)26(16-20-6-5-15-34-18-20)37-28(39)21-7-2-1-3-8-21/h1-18H,19H2,(H,35,38)(H,36,40)(H,37,39)/b26-16-. The smallest absolute Gasteiger partial charge is 0.325 e. The van der Waals surface area contributed by atoms with Gasteiger partial charge in [0.15, 0.2) is 0 Å². The molecule has 0 fully saturated rings. The van der Waals surface area contributed by atoms with E-state index in [1.807, 2.05) is 0 Å². The van der Waals surface area contributed by atoms with Crippen molar-refractivity contribution in [1.82, 2.24) is 10.3 Å². The zero-order valence-corrected chi connectivity index (χ0v) is 22.1. The van der Waals surface area contributed by atoms with Crippen molar-refractivity contribution < 1.29 is 27.6 Å². The van der Waals surface area contributed by atoms with Gasteiger partial charge in [-0.3, -0.25) is 19.4 Å². The van der Waals surface area contributed by atoms with Crippen LogP contribution in [-0.2, 0) is 15.8 Å². The Morgan fingerprint density at radius 3 is 2.27 bits per heavy atom. The average molecular weight is 577 g/mol. The maximum absolute atomic E-state index is 13.1. The van der Waals surface area contributed by atoms with Crippen molar-refractivity contribution in [2.75, 3.05) is 16.4 Å². The monoisotopic (exact) mass is 576 g/mol. The van der Waals surface area contributed by atoms with Gasteiger partial charge in [0, 0.05) is 34.2 Å². The van der Waals surface area contributed by atoms with E-state index in [2.05, 4.69) is 20.9 Å². The maximum atomic E-state index is 13.1. The summed E-state index contributed by atoms with van der Waals surface area (Å²) in [6.07, 6.45) is 0.150. The minimum atomic E-state index is -4.50. The number of halogens is 3. The lowest BCUT2D eigenvalue weighted by atomic mass is 10.2. The summed E-state index contributed by atoms with van der Waals surface area (Å²) in [7, 11) is 0. The summed E-state index contributed by atoms with van der Waals surface area (Å²) >= 11 is 1.18. The second-order valence-corrected chi connectivity index (χ2v) is 9.61. The van der Waals surface area contributed by atoms with E-state index in [0.717, 1.165) is 12.1 Å². The second-order valence-electron chi connectivity index (χ2n) is 8.56. The Morgan fingerprint density at radius 1 is 0.829 bits per heavy atom. The van der Waals surface area contributed by atoms with Gasteiger partial charge in [-0.05, 0) is 72.3 Å². The molecule has 0 saturated heterocycles. The molecule has 0 aliphatic heterocycles. The van der Waals surface area contributed by atoms with Crippen LogP contribution < -0.4 is 16.0 Å². The van der Waals surface area contributed by atoms with Crippen molar-refractivity contribution >= 4 is 46.9 Å². The van der Waals surface area contributed by atoms with Crippen molar-refractivity contribution in [3.63, 3.8) is 0 Å². The molecule has 1 aromatic heterocycles. The molecule has 41 heavy (non-hydrogen) atoms. The van der Waals surface area contributed by atoms with E-state index >= 15 is 0 Å². The molecule has 0 saturated carbocycles. The van der Waals surface area contributed by atoms with Crippen LogP contribution in [0.25, 0.3) is 6.08 Å². The molecule has 3 N–H and O–H groups in total. The van der Waals surface area contributed by atoms with Gasteiger partial charge in [-0.15, -0.1) is 11.8 Å². The summed E-state index contributed by atoms with van der Waals surface area (Å²) in [5.74, 6) is -1.51. The molecule has 0 bridgehead atoms. The van der Waals surface area contributed by atoms with Gasteiger partial charge in [-0.2, -0.15) is 13.2 Å². The molecule has 3 aromatic carbocycles. The molecule has 0 aliphatic carbocycles. The quantitative estimate of drug-likeness (QED) is 0.162. The fourth-order valence-electron chi connectivity index (χ4n) is 3.52. The van der Waals surface area contributed by atoms with Gasteiger partial charge in [0.2, 0.25) is 5.91 Å². The Kier molecular flexibility index (Phi) is 9.54. The van der Waals surface area contributed by atoms with Crippen LogP contribution in [0, 0.1) is 0 Å². The maximum Gasteiger partial charge on any atom is 0.416 e. The zero-order valence-electron chi connectivity index (χ0n) is 21.3. The average Bonchev–Trinajstić information content (AvgIpc) is 2.97. The Labute approximate surface area is 237 Å². The fourth-order valence-corrected chi connectivity index (χ4v) is 4.22. The molecule has 208 valence electrons. The first-order valence-corrected chi connectivity index (χ1v) is 13.2. The highest BCUT2D eigenvalue weighted by Gasteiger charge is 2.30. The van der Waals surface area contributed by atoms with Crippen LogP contribution in [0.5, 0.6) is 0 Å². The van der Waals surface area contributed by atoms with Crippen LogP contribution in [0.1, 0.15) is 21.5 Å². The van der Waals surface area contributed by atoms with Gasteiger partial charge in [-0.25, -0.2) is 0 Å². The lowest BCUT2D eigenvalue weighted by molar-refractivity contribution is -0.137. The van der Waals surface area contributed by atoms with Crippen molar-refractivity contribution in [1.29, 1.82) is 0 Å². The molecule has 0 radical (unpaired) electrons. The number of hydrogen-bond donors (Lipinski definition) is 3. The molecule has 11 heteroatoms.